The van der Waals surface area contributed by atoms with Gasteiger partial charge in [-0.2, -0.15) is 0 Å². The SMILES string of the molecule is COc1ccccc1C1(CNCC(C)C)CCC1. The predicted molar refractivity (Wildman–Crippen MR) is 76.2 cm³/mol. The van der Waals surface area contributed by atoms with Crippen molar-refractivity contribution in [3.63, 3.8) is 0 Å². The maximum atomic E-state index is 5.53. The van der Waals surface area contributed by atoms with E-state index in [0.717, 1.165) is 18.8 Å². The van der Waals surface area contributed by atoms with Crippen LogP contribution in [0.5, 0.6) is 5.75 Å². The van der Waals surface area contributed by atoms with Crippen LogP contribution in [-0.4, -0.2) is 20.2 Å². The molecule has 100 valence electrons. The molecule has 1 fully saturated rings. The van der Waals surface area contributed by atoms with Gasteiger partial charge in [0, 0.05) is 17.5 Å². The first-order valence-electron chi connectivity index (χ1n) is 7.02. The molecule has 2 rings (SSSR count). The van der Waals surface area contributed by atoms with Gasteiger partial charge in [0.2, 0.25) is 0 Å². The minimum Gasteiger partial charge on any atom is -0.496 e. The van der Waals surface area contributed by atoms with Crippen molar-refractivity contribution in [1.29, 1.82) is 0 Å². The summed E-state index contributed by atoms with van der Waals surface area (Å²) in [7, 11) is 1.77. The van der Waals surface area contributed by atoms with E-state index in [0.29, 0.717) is 11.3 Å². The van der Waals surface area contributed by atoms with Crippen LogP contribution >= 0.6 is 0 Å². The highest BCUT2D eigenvalue weighted by atomic mass is 16.5. The van der Waals surface area contributed by atoms with Crippen molar-refractivity contribution in [3.8, 4) is 5.75 Å². The van der Waals surface area contributed by atoms with Crippen LogP contribution in [0.3, 0.4) is 0 Å². The predicted octanol–water partition coefficient (Wildman–Crippen LogP) is 3.36. The molecule has 2 heteroatoms. The van der Waals surface area contributed by atoms with Crippen LogP contribution in [0.4, 0.5) is 0 Å². The van der Waals surface area contributed by atoms with Crippen LogP contribution in [0, 0.1) is 5.92 Å². The fraction of sp³-hybridized carbons (Fsp3) is 0.625. The van der Waals surface area contributed by atoms with Crippen molar-refractivity contribution in [2.24, 2.45) is 5.92 Å². The van der Waals surface area contributed by atoms with Gasteiger partial charge in [-0.1, -0.05) is 38.5 Å². The normalized spacial score (nSPS) is 17.6. The molecule has 0 atom stereocenters. The van der Waals surface area contributed by atoms with E-state index in [1.165, 1.54) is 24.8 Å². The molecule has 1 aliphatic carbocycles. The first-order valence-corrected chi connectivity index (χ1v) is 7.02. The van der Waals surface area contributed by atoms with Gasteiger partial charge in [-0.3, -0.25) is 0 Å². The van der Waals surface area contributed by atoms with Crippen molar-refractivity contribution in [3.05, 3.63) is 29.8 Å². The monoisotopic (exact) mass is 247 g/mol. The number of ether oxygens (including phenoxy) is 1. The van der Waals surface area contributed by atoms with Crippen LogP contribution in [-0.2, 0) is 5.41 Å². The number of methoxy groups -OCH3 is 1. The van der Waals surface area contributed by atoms with Crippen LogP contribution in [0.15, 0.2) is 24.3 Å². The molecule has 0 aromatic heterocycles. The van der Waals surface area contributed by atoms with Crippen LogP contribution in [0.1, 0.15) is 38.7 Å². The number of benzene rings is 1. The van der Waals surface area contributed by atoms with E-state index >= 15 is 0 Å². The maximum absolute atomic E-state index is 5.53. The lowest BCUT2D eigenvalue weighted by atomic mass is 9.64. The minimum absolute atomic E-state index is 0.307. The van der Waals surface area contributed by atoms with Gasteiger partial charge in [0.1, 0.15) is 5.75 Å². The highest BCUT2D eigenvalue weighted by Gasteiger charge is 2.40. The lowest BCUT2D eigenvalue weighted by Crippen LogP contribution is -2.44. The summed E-state index contributed by atoms with van der Waals surface area (Å²) < 4.78 is 5.53. The second kappa shape index (κ2) is 5.75. The Kier molecular flexibility index (Phi) is 4.28. The number of hydrogen-bond acceptors (Lipinski definition) is 2. The van der Waals surface area contributed by atoms with Gasteiger partial charge >= 0.3 is 0 Å². The van der Waals surface area contributed by atoms with Gasteiger partial charge in [-0.05, 0) is 31.4 Å². The van der Waals surface area contributed by atoms with Gasteiger partial charge < -0.3 is 10.1 Å². The lowest BCUT2D eigenvalue weighted by Gasteiger charge is -2.43. The van der Waals surface area contributed by atoms with Crippen molar-refractivity contribution in [2.75, 3.05) is 20.2 Å². The van der Waals surface area contributed by atoms with Crippen LogP contribution in [0.2, 0.25) is 0 Å². The molecule has 1 aliphatic rings. The van der Waals surface area contributed by atoms with E-state index in [4.69, 9.17) is 4.74 Å². The Bertz CT molecular complexity index is 382. The Balaban J connectivity index is 2.11. The topological polar surface area (TPSA) is 21.3 Å². The zero-order chi connectivity index (χ0) is 13.0. The second-order valence-electron chi connectivity index (χ2n) is 5.86. The summed E-state index contributed by atoms with van der Waals surface area (Å²) in [5.41, 5.74) is 1.69. The molecular weight excluding hydrogens is 222 g/mol. The lowest BCUT2D eigenvalue weighted by molar-refractivity contribution is 0.223. The van der Waals surface area contributed by atoms with Crippen molar-refractivity contribution < 1.29 is 4.74 Å². The van der Waals surface area contributed by atoms with Crippen LogP contribution < -0.4 is 10.1 Å². The third-order valence-electron chi connectivity index (χ3n) is 4.00. The van der Waals surface area contributed by atoms with Gasteiger partial charge in [0.15, 0.2) is 0 Å². The molecular formula is C16H25NO. The van der Waals surface area contributed by atoms with E-state index < -0.39 is 0 Å². The first-order chi connectivity index (χ1) is 8.68. The standard InChI is InChI=1S/C16H25NO/c1-13(2)11-17-12-16(9-6-10-16)14-7-4-5-8-15(14)18-3/h4-5,7-8,13,17H,6,9-12H2,1-3H3. The van der Waals surface area contributed by atoms with Gasteiger partial charge in [0.25, 0.3) is 0 Å². The van der Waals surface area contributed by atoms with E-state index in [-0.39, 0.29) is 0 Å². The molecule has 1 saturated carbocycles. The average molecular weight is 247 g/mol. The zero-order valence-electron chi connectivity index (χ0n) is 11.8. The molecule has 0 heterocycles. The third kappa shape index (κ3) is 2.69. The van der Waals surface area contributed by atoms with E-state index in [9.17, 15) is 0 Å². The third-order valence-corrected chi connectivity index (χ3v) is 4.00. The molecule has 0 radical (unpaired) electrons. The fourth-order valence-corrected chi connectivity index (χ4v) is 2.83. The molecule has 0 spiro atoms. The smallest absolute Gasteiger partial charge is 0.122 e. The maximum Gasteiger partial charge on any atom is 0.122 e. The molecule has 1 N–H and O–H groups in total. The summed E-state index contributed by atoms with van der Waals surface area (Å²) in [6.07, 6.45) is 3.89. The minimum atomic E-state index is 0.307. The van der Waals surface area contributed by atoms with Gasteiger partial charge in [-0.15, -0.1) is 0 Å². The molecule has 0 saturated heterocycles. The van der Waals surface area contributed by atoms with E-state index in [1.807, 2.05) is 0 Å². The summed E-state index contributed by atoms with van der Waals surface area (Å²) in [6.45, 7) is 6.68. The average Bonchev–Trinajstić information content (AvgIpc) is 2.32. The van der Waals surface area contributed by atoms with Crippen molar-refractivity contribution in [1.82, 2.24) is 5.32 Å². The Morgan fingerprint density at radius 2 is 2.00 bits per heavy atom. The highest BCUT2D eigenvalue weighted by molar-refractivity contribution is 5.41. The summed E-state index contributed by atoms with van der Waals surface area (Å²) in [6, 6.07) is 8.49. The Morgan fingerprint density at radius 1 is 1.28 bits per heavy atom. The summed E-state index contributed by atoms with van der Waals surface area (Å²) in [4.78, 5) is 0. The molecule has 1 aromatic rings. The Labute approximate surface area is 111 Å². The number of nitrogens with one attached hydrogen (secondary N) is 1. The summed E-state index contributed by atoms with van der Waals surface area (Å²) in [5, 5.41) is 3.62. The van der Waals surface area contributed by atoms with E-state index in [2.05, 4.69) is 43.4 Å². The molecule has 2 nitrogen and oxygen atoms in total. The molecule has 1 aromatic carbocycles. The number of rotatable bonds is 6. The zero-order valence-corrected chi connectivity index (χ0v) is 11.8. The van der Waals surface area contributed by atoms with E-state index in [1.54, 1.807) is 7.11 Å². The summed E-state index contributed by atoms with van der Waals surface area (Å²) in [5.74, 6) is 1.75. The van der Waals surface area contributed by atoms with Gasteiger partial charge in [0.05, 0.1) is 7.11 Å². The molecule has 0 aliphatic heterocycles. The molecule has 0 unspecified atom stereocenters. The fourth-order valence-electron chi connectivity index (χ4n) is 2.83. The van der Waals surface area contributed by atoms with Crippen molar-refractivity contribution >= 4 is 0 Å². The largest absolute Gasteiger partial charge is 0.496 e. The Hall–Kier alpha value is -1.02. The van der Waals surface area contributed by atoms with Crippen LogP contribution in [0.25, 0.3) is 0 Å². The number of hydrogen-bond donors (Lipinski definition) is 1. The van der Waals surface area contributed by atoms with Crippen molar-refractivity contribution in [2.45, 2.75) is 38.5 Å². The second-order valence-corrected chi connectivity index (χ2v) is 5.86. The van der Waals surface area contributed by atoms with Gasteiger partial charge in [-0.25, -0.2) is 0 Å². The number of para-hydroxylation sites is 1. The first kappa shape index (κ1) is 13.4. The highest BCUT2D eigenvalue weighted by Crippen LogP contribution is 2.46. The molecule has 0 bridgehead atoms. The molecule has 0 amide bonds. The molecule has 18 heavy (non-hydrogen) atoms. The quantitative estimate of drug-likeness (QED) is 0.832. The Morgan fingerprint density at radius 3 is 2.56 bits per heavy atom. The summed E-state index contributed by atoms with van der Waals surface area (Å²) >= 11 is 0.